The van der Waals surface area contributed by atoms with Gasteiger partial charge in [-0.3, -0.25) is 4.79 Å². The molecule has 1 atom stereocenters. The molecule has 200 valence electrons. The van der Waals surface area contributed by atoms with E-state index in [4.69, 9.17) is 16.6 Å². The molecule has 0 unspecified atom stereocenters. The van der Waals surface area contributed by atoms with Crippen molar-refractivity contribution in [3.63, 3.8) is 0 Å². The summed E-state index contributed by atoms with van der Waals surface area (Å²) in [6.07, 6.45) is 1.94. The number of carboxylic acid groups (broad SMARTS) is 1. The molecule has 38 heavy (non-hydrogen) atoms. The number of amides is 1. The van der Waals surface area contributed by atoms with Crippen LogP contribution in [0.2, 0.25) is 5.02 Å². The fourth-order valence-corrected chi connectivity index (χ4v) is 5.20. The van der Waals surface area contributed by atoms with E-state index in [2.05, 4.69) is 37.4 Å². The number of nitrogens with zero attached hydrogens (tertiary/aromatic N) is 6. The van der Waals surface area contributed by atoms with Crippen molar-refractivity contribution in [3.05, 3.63) is 51.7 Å². The van der Waals surface area contributed by atoms with Crippen LogP contribution in [0.3, 0.4) is 0 Å². The summed E-state index contributed by atoms with van der Waals surface area (Å²) >= 11 is 6.83. The lowest BCUT2D eigenvalue weighted by Gasteiger charge is -2.33. The third-order valence-electron chi connectivity index (χ3n) is 6.46. The summed E-state index contributed by atoms with van der Waals surface area (Å²) in [7, 11) is 2.07. The molecule has 2 aliphatic heterocycles. The van der Waals surface area contributed by atoms with Gasteiger partial charge in [-0.1, -0.05) is 22.9 Å². The van der Waals surface area contributed by atoms with E-state index in [0.29, 0.717) is 36.4 Å². The van der Waals surface area contributed by atoms with Crippen molar-refractivity contribution in [2.24, 2.45) is 0 Å². The van der Waals surface area contributed by atoms with Crippen molar-refractivity contribution in [2.75, 3.05) is 61.8 Å². The summed E-state index contributed by atoms with van der Waals surface area (Å²) in [5.41, 5.74) is -0.0148. The SMILES string of the molecule is CN1CCN(c2cc(Nc3ncc(C(=O)O)s3)nc(N[C@H]3CCN(C(=O)c4ccc(Cl)cc4F)C3)n2)CC1. The number of anilines is 4. The molecule has 0 spiro atoms. The summed E-state index contributed by atoms with van der Waals surface area (Å²) < 4.78 is 14.3. The first-order valence-electron chi connectivity index (χ1n) is 12.0. The molecular weight excluding hydrogens is 535 g/mol. The van der Waals surface area contributed by atoms with E-state index in [1.165, 1.54) is 18.3 Å². The predicted octanol–water partition coefficient (Wildman–Crippen LogP) is 3.25. The van der Waals surface area contributed by atoms with Crippen LogP contribution in [0.4, 0.5) is 27.1 Å². The van der Waals surface area contributed by atoms with E-state index in [1.54, 1.807) is 4.90 Å². The van der Waals surface area contributed by atoms with Gasteiger partial charge in [0.15, 0.2) is 5.13 Å². The van der Waals surface area contributed by atoms with Gasteiger partial charge in [0.1, 0.15) is 22.3 Å². The molecule has 5 rings (SSSR count). The second-order valence-electron chi connectivity index (χ2n) is 9.19. The number of likely N-dealkylation sites (N-methyl/N-ethyl adjacent to an activating group) is 1. The maximum absolute atomic E-state index is 14.3. The number of likely N-dealkylation sites (tertiary alicyclic amines) is 1. The molecule has 1 amide bonds. The number of carbonyl (C=O) groups is 2. The van der Waals surface area contributed by atoms with Gasteiger partial charge in [-0.15, -0.1) is 0 Å². The number of nitrogens with one attached hydrogen (secondary N) is 2. The van der Waals surface area contributed by atoms with Crippen molar-refractivity contribution in [1.82, 2.24) is 24.8 Å². The van der Waals surface area contributed by atoms with Crippen LogP contribution in [0.5, 0.6) is 0 Å². The van der Waals surface area contributed by atoms with Gasteiger partial charge in [0.25, 0.3) is 5.91 Å². The number of hydrogen-bond acceptors (Lipinski definition) is 10. The van der Waals surface area contributed by atoms with Crippen molar-refractivity contribution in [3.8, 4) is 0 Å². The Hall–Kier alpha value is -3.55. The summed E-state index contributed by atoms with van der Waals surface area (Å²) in [5, 5.41) is 16.3. The smallest absolute Gasteiger partial charge is 0.347 e. The molecule has 2 aliphatic rings. The van der Waals surface area contributed by atoms with Crippen LogP contribution < -0.4 is 15.5 Å². The fraction of sp³-hybridized carbons (Fsp3) is 0.375. The molecule has 0 saturated carbocycles. The van der Waals surface area contributed by atoms with E-state index in [1.807, 2.05) is 6.07 Å². The summed E-state index contributed by atoms with van der Waals surface area (Å²) in [6, 6.07) is 5.71. The van der Waals surface area contributed by atoms with Crippen LogP contribution >= 0.6 is 22.9 Å². The average Bonchev–Trinajstić information content (AvgIpc) is 3.54. The molecule has 11 nitrogen and oxygen atoms in total. The van der Waals surface area contributed by atoms with Crippen LogP contribution in [-0.2, 0) is 0 Å². The second-order valence-corrected chi connectivity index (χ2v) is 10.7. The second kappa shape index (κ2) is 11.1. The van der Waals surface area contributed by atoms with E-state index in [-0.39, 0.29) is 21.5 Å². The van der Waals surface area contributed by atoms with Crippen LogP contribution in [0, 0.1) is 5.82 Å². The molecule has 0 bridgehead atoms. The van der Waals surface area contributed by atoms with Gasteiger partial charge in [-0.25, -0.2) is 14.2 Å². The Labute approximate surface area is 227 Å². The minimum Gasteiger partial charge on any atom is -0.477 e. The maximum atomic E-state index is 14.3. The van der Waals surface area contributed by atoms with Crippen molar-refractivity contribution < 1.29 is 19.1 Å². The molecule has 3 aromatic rings. The lowest BCUT2D eigenvalue weighted by Crippen LogP contribution is -2.45. The number of aromatic nitrogens is 3. The first kappa shape index (κ1) is 26.1. The minimum absolute atomic E-state index is 0.0148. The third-order valence-corrected chi connectivity index (χ3v) is 7.60. The normalized spacial score (nSPS) is 18.0. The number of carboxylic acids is 1. The highest BCUT2D eigenvalue weighted by Crippen LogP contribution is 2.27. The van der Waals surface area contributed by atoms with Crippen molar-refractivity contribution in [2.45, 2.75) is 12.5 Å². The number of thiazole rings is 1. The van der Waals surface area contributed by atoms with Gasteiger partial charge in [0, 0.05) is 56.4 Å². The van der Waals surface area contributed by atoms with Gasteiger partial charge in [-0.05, 0) is 31.7 Å². The Bertz CT molecular complexity index is 1350. The average molecular weight is 561 g/mol. The summed E-state index contributed by atoms with van der Waals surface area (Å²) in [5.74, 6) is -0.519. The zero-order valence-electron chi connectivity index (χ0n) is 20.5. The molecule has 2 aromatic heterocycles. The minimum atomic E-state index is -1.04. The Balaban J connectivity index is 1.33. The molecule has 1 aromatic carbocycles. The highest BCUT2D eigenvalue weighted by atomic mass is 35.5. The van der Waals surface area contributed by atoms with Gasteiger partial charge < -0.3 is 30.4 Å². The number of benzene rings is 1. The monoisotopic (exact) mass is 560 g/mol. The molecular formula is C24H26ClFN8O3S. The van der Waals surface area contributed by atoms with Crippen LogP contribution in [0.25, 0.3) is 0 Å². The van der Waals surface area contributed by atoms with E-state index < -0.39 is 17.7 Å². The lowest BCUT2D eigenvalue weighted by atomic mass is 10.2. The van der Waals surface area contributed by atoms with E-state index >= 15 is 0 Å². The summed E-state index contributed by atoms with van der Waals surface area (Å²) in [6.45, 7) is 4.20. The summed E-state index contributed by atoms with van der Waals surface area (Å²) in [4.78, 5) is 43.7. The fourth-order valence-electron chi connectivity index (χ4n) is 4.38. The van der Waals surface area contributed by atoms with E-state index in [0.717, 1.165) is 49.4 Å². The largest absolute Gasteiger partial charge is 0.477 e. The molecule has 14 heteroatoms. The maximum Gasteiger partial charge on any atom is 0.347 e. The number of piperazine rings is 1. The quantitative estimate of drug-likeness (QED) is 0.396. The number of rotatable bonds is 7. The van der Waals surface area contributed by atoms with E-state index in [9.17, 15) is 19.1 Å². The predicted molar refractivity (Wildman–Crippen MR) is 143 cm³/mol. The topological polar surface area (TPSA) is 127 Å². The lowest BCUT2D eigenvalue weighted by molar-refractivity contribution is 0.0701. The standard InChI is InChI=1S/C24H26ClFN8O3S/c1-32-6-8-33(9-7-32)20-11-19(30-24-27-12-18(38-24)22(36)37)29-23(31-20)28-15-4-5-34(13-15)21(35)16-3-2-14(25)10-17(16)26/h2-3,10-12,15H,4-9,13H2,1H3,(H,36,37)(H2,27,28,29,30,31)/t15-/m0/s1. The van der Waals surface area contributed by atoms with Crippen LogP contribution in [0.15, 0.2) is 30.5 Å². The van der Waals surface area contributed by atoms with Crippen molar-refractivity contribution in [1.29, 1.82) is 0 Å². The molecule has 2 fully saturated rings. The van der Waals surface area contributed by atoms with Gasteiger partial charge in [0.05, 0.1) is 11.8 Å². The number of hydrogen-bond donors (Lipinski definition) is 3. The van der Waals surface area contributed by atoms with Crippen molar-refractivity contribution >= 4 is 57.5 Å². The van der Waals surface area contributed by atoms with Crippen LogP contribution in [0.1, 0.15) is 26.5 Å². The van der Waals surface area contributed by atoms with Gasteiger partial charge in [-0.2, -0.15) is 9.97 Å². The molecule has 0 aliphatic carbocycles. The number of halogens is 2. The Morgan fingerprint density at radius 2 is 1.95 bits per heavy atom. The molecule has 2 saturated heterocycles. The number of carbonyl (C=O) groups excluding carboxylic acids is 1. The molecule has 0 radical (unpaired) electrons. The molecule has 4 heterocycles. The van der Waals surface area contributed by atoms with Gasteiger partial charge >= 0.3 is 5.97 Å². The first-order valence-corrected chi connectivity index (χ1v) is 13.2. The zero-order chi connectivity index (χ0) is 26.8. The third kappa shape index (κ3) is 5.95. The first-order chi connectivity index (χ1) is 18.2. The zero-order valence-corrected chi connectivity index (χ0v) is 22.1. The van der Waals surface area contributed by atoms with Gasteiger partial charge in [0.2, 0.25) is 5.95 Å². The Morgan fingerprint density at radius 1 is 1.16 bits per heavy atom. The Kier molecular flexibility index (Phi) is 7.58. The highest BCUT2D eigenvalue weighted by molar-refractivity contribution is 7.17. The molecule has 3 N–H and O–H groups in total. The Morgan fingerprint density at radius 3 is 2.66 bits per heavy atom. The highest BCUT2D eigenvalue weighted by Gasteiger charge is 2.29. The number of aromatic carboxylic acids is 1. The van der Waals surface area contributed by atoms with Crippen LogP contribution in [-0.4, -0.2) is 94.1 Å².